The van der Waals surface area contributed by atoms with E-state index in [0.717, 1.165) is 12.2 Å². The van der Waals surface area contributed by atoms with Crippen LogP contribution < -0.4 is 0 Å². The van der Waals surface area contributed by atoms with Crippen LogP contribution >= 0.6 is 10.7 Å². The van der Waals surface area contributed by atoms with Crippen molar-refractivity contribution >= 4 is 19.7 Å². The molecule has 0 radical (unpaired) electrons. The fourth-order valence-corrected chi connectivity index (χ4v) is 3.95. The van der Waals surface area contributed by atoms with Crippen LogP contribution in [0.3, 0.4) is 0 Å². The molecule has 114 valence electrons. The molecule has 20 heavy (non-hydrogen) atoms. The van der Waals surface area contributed by atoms with Gasteiger partial charge in [0, 0.05) is 22.6 Å². The Morgan fingerprint density at radius 3 is 2.30 bits per heavy atom. The Kier molecular flexibility index (Phi) is 4.44. The summed E-state index contributed by atoms with van der Waals surface area (Å²) < 4.78 is 25.0. The van der Waals surface area contributed by atoms with E-state index in [-0.39, 0.29) is 5.16 Å². The van der Waals surface area contributed by atoms with Crippen molar-refractivity contribution in [3.63, 3.8) is 0 Å². The van der Waals surface area contributed by atoms with E-state index in [4.69, 9.17) is 10.7 Å². The molecule has 0 N–H and O–H groups in total. The van der Waals surface area contributed by atoms with Crippen LogP contribution in [-0.2, 0) is 21.0 Å². The fraction of sp³-hybridized carbons (Fsp3) is 0.846. The lowest BCUT2D eigenvalue weighted by molar-refractivity contribution is 0.315. The van der Waals surface area contributed by atoms with Gasteiger partial charge in [0.2, 0.25) is 0 Å². The summed E-state index contributed by atoms with van der Waals surface area (Å²) in [5.41, 5.74) is -0.412. The molecular formula is C13H22ClN3O2S. The second-order valence-electron chi connectivity index (χ2n) is 6.55. The smallest absolute Gasteiger partial charge is 0.295 e. The zero-order valence-corrected chi connectivity index (χ0v) is 13.8. The average molecular weight is 320 g/mol. The van der Waals surface area contributed by atoms with E-state index in [0.29, 0.717) is 5.92 Å². The third kappa shape index (κ3) is 3.52. The molecule has 1 saturated carbocycles. The summed E-state index contributed by atoms with van der Waals surface area (Å²) in [7, 11) is 1.60. The maximum absolute atomic E-state index is 11.6. The van der Waals surface area contributed by atoms with E-state index < -0.39 is 14.6 Å². The molecule has 0 unspecified atom stereocenters. The Hall–Kier alpha value is -0.620. The van der Waals surface area contributed by atoms with E-state index >= 15 is 0 Å². The second-order valence-corrected chi connectivity index (χ2v) is 9.01. The number of halogens is 1. The monoisotopic (exact) mass is 319 g/mol. The molecule has 1 heterocycles. The van der Waals surface area contributed by atoms with Crippen molar-refractivity contribution in [1.82, 2.24) is 14.8 Å². The van der Waals surface area contributed by atoms with Gasteiger partial charge in [-0.2, -0.15) is 0 Å². The summed E-state index contributed by atoms with van der Waals surface area (Å²) in [6, 6.07) is 0. The van der Waals surface area contributed by atoms with Gasteiger partial charge in [0.1, 0.15) is 5.82 Å². The molecule has 0 saturated heterocycles. The van der Waals surface area contributed by atoms with Crippen molar-refractivity contribution < 1.29 is 8.42 Å². The highest BCUT2D eigenvalue weighted by molar-refractivity contribution is 8.13. The summed E-state index contributed by atoms with van der Waals surface area (Å²) in [4.78, 5) is 0. The van der Waals surface area contributed by atoms with E-state index in [1.165, 1.54) is 32.1 Å². The summed E-state index contributed by atoms with van der Waals surface area (Å²) >= 11 is 0. The van der Waals surface area contributed by atoms with Gasteiger partial charge in [-0.15, -0.1) is 10.2 Å². The summed E-state index contributed by atoms with van der Waals surface area (Å²) in [5.74, 6) is 1.29. The Morgan fingerprint density at radius 2 is 1.80 bits per heavy atom. The molecule has 0 atom stereocenters. The first-order valence-corrected chi connectivity index (χ1v) is 9.40. The van der Waals surface area contributed by atoms with Gasteiger partial charge in [0.25, 0.3) is 14.2 Å². The number of aromatic nitrogens is 3. The molecule has 5 nitrogen and oxygen atoms in total. The first kappa shape index (κ1) is 15.8. The Balaban J connectivity index is 2.36. The molecule has 2 rings (SSSR count). The summed E-state index contributed by atoms with van der Waals surface area (Å²) in [5, 5.41) is 7.76. The largest absolute Gasteiger partial charge is 0.296 e. The molecule has 1 aliphatic carbocycles. The van der Waals surface area contributed by atoms with Crippen molar-refractivity contribution in [3.05, 3.63) is 5.82 Å². The molecule has 0 amide bonds. The number of nitrogens with zero attached hydrogens (tertiary/aromatic N) is 3. The maximum Gasteiger partial charge on any atom is 0.296 e. The molecule has 0 spiro atoms. The van der Waals surface area contributed by atoms with Crippen molar-refractivity contribution in [2.24, 2.45) is 5.92 Å². The van der Waals surface area contributed by atoms with Gasteiger partial charge < -0.3 is 0 Å². The van der Waals surface area contributed by atoms with Crippen LogP contribution in [0.25, 0.3) is 0 Å². The zero-order valence-electron chi connectivity index (χ0n) is 12.3. The van der Waals surface area contributed by atoms with Crippen molar-refractivity contribution in [2.45, 2.75) is 70.0 Å². The van der Waals surface area contributed by atoms with Gasteiger partial charge in [-0.1, -0.05) is 32.1 Å². The topological polar surface area (TPSA) is 64.8 Å². The minimum atomic E-state index is -3.88. The standard InChI is InChI=1S/C13H22ClN3O2S/c1-13(2,3)17-11(9-10-7-5-4-6-8-10)15-16-12(17)20(14,18)19/h10H,4-9H2,1-3H3. The zero-order chi connectivity index (χ0) is 15.0. The second kappa shape index (κ2) is 5.64. The van der Waals surface area contributed by atoms with Crippen LogP contribution in [0.1, 0.15) is 58.7 Å². The van der Waals surface area contributed by atoms with Gasteiger partial charge in [-0.25, -0.2) is 8.42 Å². The van der Waals surface area contributed by atoms with Gasteiger partial charge in [0.05, 0.1) is 0 Å². The van der Waals surface area contributed by atoms with Crippen LogP contribution in [-0.4, -0.2) is 23.2 Å². The molecule has 7 heteroatoms. The molecular weight excluding hydrogens is 298 g/mol. The number of rotatable bonds is 3. The SMILES string of the molecule is CC(C)(C)n1c(CC2CCCCC2)nnc1S(=O)(=O)Cl. The van der Waals surface area contributed by atoms with E-state index in [9.17, 15) is 8.42 Å². The lowest BCUT2D eigenvalue weighted by Gasteiger charge is -2.26. The van der Waals surface area contributed by atoms with Crippen LogP contribution in [0.4, 0.5) is 0 Å². The Labute approximate surface area is 125 Å². The first-order valence-electron chi connectivity index (χ1n) is 7.09. The molecule has 0 aromatic carbocycles. The highest BCUT2D eigenvalue weighted by Crippen LogP contribution is 2.29. The quantitative estimate of drug-likeness (QED) is 0.803. The summed E-state index contributed by atoms with van der Waals surface area (Å²) in [6.45, 7) is 5.81. The molecule has 0 bridgehead atoms. The summed E-state index contributed by atoms with van der Waals surface area (Å²) in [6.07, 6.45) is 6.92. The van der Waals surface area contributed by atoms with Crippen molar-refractivity contribution in [2.75, 3.05) is 0 Å². The third-order valence-corrected chi connectivity index (χ3v) is 4.90. The minimum absolute atomic E-state index is 0.141. The maximum atomic E-state index is 11.6. The van der Waals surface area contributed by atoms with E-state index in [1.54, 1.807) is 4.57 Å². The number of hydrogen-bond donors (Lipinski definition) is 0. The Morgan fingerprint density at radius 1 is 1.20 bits per heavy atom. The molecule has 1 aromatic heterocycles. The average Bonchev–Trinajstić information content (AvgIpc) is 2.73. The predicted molar refractivity (Wildman–Crippen MR) is 78.3 cm³/mol. The van der Waals surface area contributed by atoms with Crippen LogP contribution in [0.5, 0.6) is 0 Å². The fourth-order valence-electron chi connectivity index (χ4n) is 2.91. The van der Waals surface area contributed by atoms with Gasteiger partial charge in [-0.3, -0.25) is 4.57 Å². The van der Waals surface area contributed by atoms with Crippen LogP contribution in [0.2, 0.25) is 0 Å². The number of hydrogen-bond acceptors (Lipinski definition) is 4. The van der Waals surface area contributed by atoms with Crippen LogP contribution in [0, 0.1) is 5.92 Å². The lowest BCUT2D eigenvalue weighted by Crippen LogP contribution is -2.28. The first-order chi connectivity index (χ1) is 9.19. The predicted octanol–water partition coefficient (Wildman–Crippen LogP) is 3.08. The molecule has 1 fully saturated rings. The molecule has 1 aliphatic rings. The third-order valence-electron chi connectivity index (χ3n) is 3.79. The molecule has 1 aromatic rings. The normalized spacial score (nSPS) is 18.4. The van der Waals surface area contributed by atoms with Gasteiger partial charge >= 0.3 is 0 Å². The lowest BCUT2D eigenvalue weighted by atomic mass is 9.86. The van der Waals surface area contributed by atoms with Gasteiger partial charge in [0.15, 0.2) is 0 Å². The van der Waals surface area contributed by atoms with Crippen LogP contribution in [0.15, 0.2) is 5.16 Å². The highest BCUT2D eigenvalue weighted by Gasteiger charge is 2.30. The van der Waals surface area contributed by atoms with E-state index in [2.05, 4.69) is 10.2 Å². The molecule has 0 aliphatic heterocycles. The highest BCUT2D eigenvalue weighted by atomic mass is 35.7. The van der Waals surface area contributed by atoms with E-state index in [1.807, 2.05) is 20.8 Å². The van der Waals surface area contributed by atoms with Gasteiger partial charge in [-0.05, 0) is 26.7 Å². The van der Waals surface area contributed by atoms with Crippen molar-refractivity contribution in [1.29, 1.82) is 0 Å². The van der Waals surface area contributed by atoms with Crippen molar-refractivity contribution in [3.8, 4) is 0 Å². The Bertz CT molecular complexity index is 569. The minimum Gasteiger partial charge on any atom is -0.295 e.